The summed E-state index contributed by atoms with van der Waals surface area (Å²) >= 11 is 0. The Labute approximate surface area is 151 Å². The number of nitrogens with one attached hydrogen (secondary N) is 2. The van der Waals surface area contributed by atoms with Gasteiger partial charge in [-0.05, 0) is 37.8 Å². The van der Waals surface area contributed by atoms with E-state index in [-0.39, 0.29) is 11.9 Å². The number of hydrogen-bond acceptors (Lipinski definition) is 4. The SMILES string of the molecule is CCn1ccnc1C(NC(=O)c1cccc2[nH]cnc12)C1CCOCC1. The molecule has 0 bridgehead atoms. The van der Waals surface area contributed by atoms with Crippen molar-refractivity contribution in [3.8, 4) is 0 Å². The van der Waals surface area contributed by atoms with E-state index in [1.807, 2.05) is 24.4 Å². The molecule has 3 heterocycles. The number of carbonyl (C=O) groups excluding carboxylic acids is 1. The zero-order valence-electron chi connectivity index (χ0n) is 14.8. The van der Waals surface area contributed by atoms with Crippen molar-refractivity contribution in [3.05, 3.63) is 48.3 Å². The molecule has 1 aliphatic rings. The minimum atomic E-state index is -0.143. The number of nitrogens with zero attached hydrogens (tertiary/aromatic N) is 3. The second-order valence-corrected chi connectivity index (χ2v) is 6.58. The highest BCUT2D eigenvalue weighted by molar-refractivity contribution is 6.04. The van der Waals surface area contributed by atoms with Crippen molar-refractivity contribution in [2.75, 3.05) is 13.2 Å². The highest BCUT2D eigenvalue weighted by Crippen LogP contribution is 2.30. The first kappa shape index (κ1) is 16.8. The molecule has 0 saturated carbocycles. The predicted octanol–water partition coefficient (Wildman–Crippen LogP) is 2.68. The number of aryl methyl sites for hydroxylation is 1. The number of rotatable bonds is 5. The van der Waals surface area contributed by atoms with E-state index in [0.29, 0.717) is 17.0 Å². The fourth-order valence-corrected chi connectivity index (χ4v) is 3.68. The van der Waals surface area contributed by atoms with E-state index in [9.17, 15) is 4.79 Å². The van der Waals surface area contributed by atoms with Crippen LogP contribution in [0, 0.1) is 5.92 Å². The van der Waals surface area contributed by atoms with Crippen molar-refractivity contribution >= 4 is 16.9 Å². The molecule has 0 radical (unpaired) electrons. The topological polar surface area (TPSA) is 84.8 Å². The van der Waals surface area contributed by atoms with Gasteiger partial charge in [-0.1, -0.05) is 6.07 Å². The van der Waals surface area contributed by atoms with Gasteiger partial charge in [-0.3, -0.25) is 4.79 Å². The summed E-state index contributed by atoms with van der Waals surface area (Å²) in [7, 11) is 0. The minimum Gasteiger partial charge on any atom is -0.381 e. The van der Waals surface area contributed by atoms with Crippen molar-refractivity contribution in [2.45, 2.75) is 32.4 Å². The number of ether oxygens (including phenoxy) is 1. The second kappa shape index (κ2) is 7.29. The number of fused-ring (bicyclic) bond motifs is 1. The molecule has 4 rings (SSSR count). The maximum atomic E-state index is 13.1. The van der Waals surface area contributed by atoms with E-state index < -0.39 is 0 Å². The number of aromatic amines is 1. The lowest BCUT2D eigenvalue weighted by atomic mass is 9.90. The molecule has 1 unspecified atom stereocenters. The van der Waals surface area contributed by atoms with Crippen LogP contribution in [0.5, 0.6) is 0 Å². The largest absolute Gasteiger partial charge is 0.381 e. The number of H-pyrrole nitrogens is 1. The zero-order valence-corrected chi connectivity index (χ0v) is 14.8. The number of carbonyl (C=O) groups is 1. The number of aromatic nitrogens is 4. The van der Waals surface area contributed by atoms with E-state index in [1.165, 1.54) is 0 Å². The molecule has 3 aromatic rings. The zero-order chi connectivity index (χ0) is 17.9. The van der Waals surface area contributed by atoms with Gasteiger partial charge in [0, 0.05) is 32.2 Å². The number of amides is 1. The molecule has 1 aliphatic heterocycles. The second-order valence-electron chi connectivity index (χ2n) is 6.58. The van der Waals surface area contributed by atoms with Crippen LogP contribution in [0.3, 0.4) is 0 Å². The van der Waals surface area contributed by atoms with E-state index in [1.54, 1.807) is 12.5 Å². The van der Waals surface area contributed by atoms with Crippen LogP contribution >= 0.6 is 0 Å². The molecule has 1 saturated heterocycles. The summed E-state index contributed by atoms with van der Waals surface area (Å²) in [4.78, 5) is 25.0. The lowest BCUT2D eigenvalue weighted by Crippen LogP contribution is -2.37. The van der Waals surface area contributed by atoms with Crippen LogP contribution in [0.2, 0.25) is 0 Å². The Morgan fingerprint density at radius 2 is 2.23 bits per heavy atom. The van der Waals surface area contributed by atoms with Gasteiger partial charge in [-0.2, -0.15) is 0 Å². The fraction of sp³-hybridized carbons (Fsp3) is 0.421. The molecule has 7 heteroatoms. The smallest absolute Gasteiger partial charge is 0.254 e. The monoisotopic (exact) mass is 353 g/mol. The lowest BCUT2D eigenvalue weighted by Gasteiger charge is -2.31. The van der Waals surface area contributed by atoms with Crippen LogP contribution in [0.1, 0.15) is 42.0 Å². The van der Waals surface area contributed by atoms with E-state index in [2.05, 4.69) is 31.8 Å². The normalized spacial score (nSPS) is 16.7. The van der Waals surface area contributed by atoms with Crippen LogP contribution < -0.4 is 5.32 Å². The third-order valence-corrected chi connectivity index (χ3v) is 5.08. The van der Waals surface area contributed by atoms with Crippen LogP contribution in [0.4, 0.5) is 0 Å². The van der Waals surface area contributed by atoms with Crippen molar-refractivity contribution < 1.29 is 9.53 Å². The highest BCUT2D eigenvalue weighted by atomic mass is 16.5. The number of imidazole rings is 2. The van der Waals surface area contributed by atoms with Gasteiger partial charge >= 0.3 is 0 Å². The van der Waals surface area contributed by atoms with Crippen LogP contribution in [-0.4, -0.2) is 38.6 Å². The molecule has 0 spiro atoms. The molecule has 0 aliphatic carbocycles. The first-order valence-electron chi connectivity index (χ1n) is 9.09. The summed E-state index contributed by atoms with van der Waals surface area (Å²) in [5.74, 6) is 1.09. The molecular weight excluding hydrogens is 330 g/mol. The summed E-state index contributed by atoms with van der Waals surface area (Å²) in [6.07, 6.45) is 7.19. The van der Waals surface area contributed by atoms with Crippen molar-refractivity contribution in [1.29, 1.82) is 0 Å². The maximum Gasteiger partial charge on any atom is 0.254 e. The van der Waals surface area contributed by atoms with E-state index >= 15 is 0 Å². The molecule has 1 atom stereocenters. The Kier molecular flexibility index (Phi) is 4.71. The molecule has 1 aromatic carbocycles. The summed E-state index contributed by atoms with van der Waals surface area (Å²) in [5, 5.41) is 3.23. The van der Waals surface area contributed by atoms with Crippen LogP contribution in [-0.2, 0) is 11.3 Å². The van der Waals surface area contributed by atoms with Gasteiger partial charge in [-0.15, -0.1) is 0 Å². The predicted molar refractivity (Wildman–Crippen MR) is 97.7 cm³/mol. The van der Waals surface area contributed by atoms with Crippen molar-refractivity contribution in [1.82, 2.24) is 24.8 Å². The first-order valence-corrected chi connectivity index (χ1v) is 9.09. The van der Waals surface area contributed by atoms with Crippen LogP contribution in [0.25, 0.3) is 11.0 Å². The fourth-order valence-electron chi connectivity index (χ4n) is 3.68. The van der Waals surface area contributed by atoms with Gasteiger partial charge in [0.1, 0.15) is 11.3 Å². The van der Waals surface area contributed by atoms with Gasteiger partial charge in [0.15, 0.2) is 0 Å². The van der Waals surface area contributed by atoms with Gasteiger partial charge in [0.2, 0.25) is 0 Å². The standard InChI is InChI=1S/C19H23N5O2/c1-2-24-9-8-20-18(24)16(13-6-10-26-11-7-13)23-19(25)14-4-3-5-15-17(14)22-12-21-15/h3-5,8-9,12-13,16H,2,6-7,10-11H2,1H3,(H,21,22)(H,23,25). The van der Waals surface area contributed by atoms with Gasteiger partial charge in [-0.25, -0.2) is 9.97 Å². The Morgan fingerprint density at radius 3 is 3.04 bits per heavy atom. The molecule has 1 fully saturated rings. The Bertz CT molecular complexity index is 894. The average molecular weight is 353 g/mol. The molecule has 26 heavy (non-hydrogen) atoms. The van der Waals surface area contributed by atoms with Gasteiger partial charge in [0.05, 0.1) is 23.4 Å². The number of para-hydroxylation sites is 1. The first-order chi connectivity index (χ1) is 12.8. The summed E-state index contributed by atoms with van der Waals surface area (Å²) in [5.41, 5.74) is 2.13. The van der Waals surface area contributed by atoms with Crippen molar-refractivity contribution in [2.24, 2.45) is 5.92 Å². The molecule has 2 aromatic heterocycles. The third-order valence-electron chi connectivity index (χ3n) is 5.08. The average Bonchev–Trinajstić information content (AvgIpc) is 3.35. The van der Waals surface area contributed by atoms with E-state index in [0.717, 1.165) is 43.9 Å². The Morgan fingerprint density at radius 1 is 1.38 bits per heavy atom. The quantitative estimate of drug-likeness (QED) is 0.738. The number of benzene rings is 1. The molecule has 136 valence electrons. The van der Waals surface area contributed by atoms with Crippen molar-refractivity contribution in [3.63, 3.8) is 0 Å². The Hall–Kier alpha value is -2.67. The Balaban J connectivity index is 1.66. The lowest BCUT2D eigenvalue weighted by molar-refractivity contribution is 0.0498. The summed E-state index contributed by atoms with van der Waals surface area (Å²) in [6.45, 7) is 4.34. The maximum absolute atomic E-state index is 13.1. The summed E-state index contributed by atoms with van der Waals surface area (Å²) in [6, 6.07) is 5.45. The highest BCUT2D eigenvalue weighted by Gasteiger charge is 2.30. The van der Waals surface area contributed by atoms with Gasteiger partial charge < -0.3 is 19.6 Å². The third kappa shape index (κ3) is 3.10. The number of hydrogen-bond donors (Lipinski definition) is 2. The molecule has 2 N–H and O–H groups in total. The molecular formula is C19H23N5O2. The summed E-state index contributed by atoms with van der Waals surface area (Å²) < 4.78 is 7.60. The van der Waals surface area contributed by atoms with Crippen LogP contribution in [0.15, 0.2) is 36.9 Å². The molecule has 1 amide bonds. The van der Waals surface area contributed by atoms with E-state index in [4.69, 9.17) is 4.74 Å². The van der Waals surface area contributed by atoms with Gasteiger partial charge in [0.25, 0.3) is 5.91 Å². The minimum absolute atomic E-state index is 0.121. The molecule has 7 nitrogen and oxygen atoms in total.